The Bertz CT molecular complexity index is 613. The summed E-state index contributed by atoms with van der Waals surface area (Å²) in [6, 6.07) is 7.57. The molecule has 1 heterocycles. The van der Waals surface area contributed by atoms with Gasteiger partial charge < -0.3 is 5.73 Å². The van der Waals surface area contributed by atoms with E-state index in [0.717, 1.165) is 10.0 Å². The zero-order valence-electron chi connectivity index (χ0n) is 9.71. The van der Waals surface area contributed by atoms with Crippen molar-refractivity contribution < 1.29 is 4.79 Å². The molecule has 1 aromatic carbocycles. The molecule has 0 saturated carbocycles. The van der Waals surface area contributed by atoms with Gasteiger partial charge in [-0.25, -0.2) is 5.43 Å². The van der Waals surface area contributed by atoms with Crippen molar-refractivity contribution in [3.05, 3.63) is 39.3 Å². The molecule has 98 valence electrons. The Morgan fingerprint density at radius 2 is 2.26 bits per heavy atom. The zero-order chi connectivity index (χ0) is 13.7. The van der Waals surface area contributed by atoms with E-state index in [0.29, 0.717) is 10.1 Å². The van der Waals surface area contributed by atoms with E-state index in [1.165, 1.54) is 11.3 Å². The van der Waals surface area contributed by atoms with Gasteiger partial charge in [-0.3, -0.25) is 4.79 Å². The van der Waals surface area contributed by atoms with E-state index >= 15 is 0 Å². The van der Waals surface area contributed by atoms with Gasteiger partial charge in [-0.1, -0.05) is 45.5 Å². The van der Waals surface area contributed by atoms with E-state index in [1.54, 1.807) is 6.21 Å². The number of aromatic nitrogens is 2. The van der Waals surface area contributed by atoms with E-state index in [-0.39, 0.29) is 12.3 Å². The lowest BCUT2D eigenvalue weighted by atomic mass is 10.2. The number of hydrogen-bond donors (Lipinski definition) is 2. The van der Waals surface area contributed by atoms with Gasteiger partial charge in [0.2, 0.25) is 11.0 Å². The Labute approximate surface area is 121 Å². The van der Waals surface area contributed by atoms with E-state index < -0.39 is 0 Å². The van der Waals surface area contributed by atoms with Crippen LogP contribution in [0.1, 0.15) is 10.6 Å². The molecule has 0 radical (unpaired) electrons. The maximum absolute atomic E-state index is 11.6. The Morgan fingerprint density at radius 3 is 2.95 bits per heavy atom. The Morgan fingerprint density at radius 1 is 1.47 bits per heavy atom. The summed E-state index contributed by atoms with van der Waals surface area (Å²) in [7, 11) is 0. The summed E-state index contributed by atoms with van der Waals surface area (Å²) in [6.07, 6.45) is 1.68. The molecule has 0 aliphatic heterocycles. The molecule has 0 bridgehead atoms. The summed E-state index contributed by atoms with van der Waals surface area (Å²) in [4.78, 5) is 11.6. The van der Waals surface area contributed by atoms with Crippen molar-refractivity contribution in [2.75, 3.05) is 5.73 Å². The fourth-order valence-electron chi connectivity index (χ4n) is 1.27. The van der Waals surface area contributed by atoms with Crippen molar-refractivity contribution in [2.24, 2.45) is 5.10 Å². The predicted octanol–water partition coefficient (Wildman–Crippen LogP) is 1.58. The van der Waals surface area contributed by atoms with Gasteiger partial charge in [0.05, 0.1) is 12.6 Å². The van der Waals surface area contributed by atoms with Crippen molar-refractivity contribution in [3.63, 3.8) is 0 Å². The molecule has 0 aliphatic carbocycles. The number of nitrogens with one attached hydrogen (secondary N) is 1. The van der Waals surface area contributed by atoms with Crippen molar-refractivity contribution in [1.29, 1.82) is 0 Å². The smallest absolute Gasteiger partial charge is 0.247 e. The second-order valence-corrected chi connectivity index (χ2v) is 5.47. The van der Waals surface area contributed by atoms with Gasteiger partial charge in [-0.15, -0.1) is 10.2 Å². The van der Waals surface area contributed by atoms with Crippen LogP contribution in [-0.4, -0.2) is 22.3 Å². The van der Waals surface area contributed by atoms with E-state index in [2.05, 4.69) is 36.7 Å². The summed E-state index contributed by atoms with van der Waals surface area (Å²) in [5, 5.41) is 12.2. The molecule has 1 aromatic heterocycles. The maximum atomic E-state index is 11.6. The molecule has 2 aromatic rings. The number of rotatable bonds is 4. The highest BCUT2D eigenvalue weighted by Gasteiger charge is 2.06. The van der Waals surface area contributed by atoms with E-state index in [1.807, 2.05) is 24.3 Å². The molecule has 0 atom stereocenters. The van der Waals surface area contributed by atoms with Crippen LogP contribution < -0.4 is 11.2 Å². The van der Waals surface area contributed by atoms with Crippen LogP contribution in [0, 0.1) is 0 Å². The molecule has 0 unspecified atom stereocenters. The number of halogens is 1. The van der Waals surface area contributed by atoms with Crippen molar-refractivity contribution in [1.82, 2.24) is 15.6 Å². The number of carbonyl (C=O) groups is 1. The van der Waals surface area contributed by atoms with Crippen LogP contribution in [0.4, 0.5) is 5.13 Å². The number of amides is 1. The lowest BCUT2D eigenvalue weighted by Gasteiger charge is -1.98. The van der Waals surface area contributed by atoms with Crippen LogP contribution in [0.15, 0.2) is 33.8 Å². The monoisotopic (exact) mass is 339 g/mol. The first-order valence-corrected chi connectivity index (χ1v) is 6.90. The minimum absolute atomic E-state index is 0.113. The standard InChI is InChI=1S/C11H10BrN5OS/c12-8-4-2-1-3-7(8)6-14-15-9(18)5-10-16-17-11(13)19-10/h1-4,6H,5H2,(H2,13,17)(H,15,18)/b14-6-. The number of hydrazone groups is 1. The Kier molecular flexibility index (Phi) is 4.58. The molecule has 6 nitrogen and oxygen atoms in total. The number of nitrogens with zero attached hydrogens (tertiary/aromatic N) is 3. The van der Waals surface area contributed by atoms with Gasteiger partial charge in [0, 0.05) is 10.0 Å². The van der Waals surface area contributed by atoms with E-state index in [9.17, 15) is 4.79 Å². The topological polar surface area (TPSA) is 93.3 Å². The molecule has 0 aliphatic rings. The van der Waals surface area contributed by atoms with Gasteiger partial charge in [-0.05, 0) is 6.07 Å². The molecular weight excluding hydrogens is 330 g/mol. The third kappa shape index (κ3) is 4.11. The lowest BCUT2D eigenvalue weighted by molar-refractivity contribution is -0.120. The Hall–Kier alpha value is -1.80. The summed E-state index contributed by atoms with van der Waals surface area (Å²) in [5.41, 5.74) is 8.73. The molecular formula is C11H10BrN5OS. The minimum Gasteiger partial charge on any atom is -0.374 e. The third-order valence-electron chi connectivity index (χ3n) is 2.09. The first kappa shape index (κ1) is 13.6. The molecule has 0 fully saturated rings. The van der Waals surface area contributed by atoms with Crippen LogP contribution >= 0.6 is 27.3 Å². The van der Waals surface area contributed by atoms with Gasteiger partial charge in [0.15, 0.2) is 0 Å². The second-order valence-electron chi connectivity index (χ2n) is 3.53. The minimum atomic E-state index is -0.264. The molecule has 0 saturated heterocycles. The first-order chi connectivity index (χ1) is 9.15. The van der Waals surface area contributed by atoms with Crippen LogP contribution in [0.3, 0.4) is 0 Å². The van der Waals surface area contributed by atoms with Gasteiger partial charge in [-0.2, -0.15) is 5.10 Å². The number of anilines is 1. The summed E-state index contributed by atoms with van der Waals surface area (Å²) >= 11 is 4.57. The number of nitrogens with two attached hydrogens (primary N) is 1. The summed E-state index contributed by atoms with van der Waals surface area (Å²) in [6.45, 7) is 0. The van der Waals surface area contributed by atoms with Crippen molar-refractivity contribution >= 4 is 44.5 Å². The summed E-state index contributed by atoms with van der Waals surface area (Å²) in [5.74, 6) is -0.264. The zero-order valence-corrected chi connectivity index (χ0v) is 12.1. The maximum Gasteiger partial charge on any atom is 0.247 e. The number of nitrogen functional groups attached to an aromatic ring is 1. The van der Waals surface area contributed by atoms with Crippen LogP contribution in [0.5, 0.6) is 0 Å². The van der Waals surface area contributed by atoms with Gasteiger partial charge in [0.1, 0.15) is 5.01 Å². The normalized spacial score (nSPS) is 10.8. The average molecular weight is 340 g/mol. The number of carbonyl (C=O) groups excluding carboxylic acids is 1. The fraction of sp³-hybridized carbons (Fsp3) is 0.0909. The third-order valence-corrected chi connectivity index (χ3v) is 3.57. The fourth-order valence-corrected chi connectivity index (χ4v) is 2.26. The van der Waals surface area contributed by atoms with Crippen molar-refractivity contribution in [2.45, 2.75) is 6.42 Å². The van der Waals surface area contributed by atoms with E-state index in [4.69, 9.17) is 5.73 Å². The molecule has 19 heavy (non-hydrogen) atoms. The highest BCUT2D eigenvalue weighted by molar-refractivity contribution is 9.10. The van der Waals surface area contributed by atoms with Crippen LogP contribution in [0.2, 0.25) is 0 Å². The highest BCUT2D eigenvalue weighted by atomic mass is 79.9. The largest absolute Gasteiger partial charge is 0.374 e. The number of hydrogen-bond acceptors (Lipinski definition) is 6. The van der Waals surface area contributed by atoms with Crippen LogP contribution in [-0.2, 0) is 11.2 Å². The first-order valence-electron chi connectivity index (χ1n) is 5.29. The summed E-state index contributed by atoms with van der Waals surface area (Å²) < 4.78 is 0.907. The quantitative estimate of drug-likeness (QED) is 0.653. The molecule has 0 spiro atoms. The molecule has 2 rings (SSSR count). The van der Waals surface area contributed by atoms with Gasteiger partial charge in [0.25, 0.3) is 0 Å². The SMILES string of the molecule is Nc1nnc(CC(=O)N/N=C\c2ccccc2Br)s1. The second kappa shape index (κ2) is 6.39. The van der Waals surface area contributed by atoms with Gasteiger partial charge >= 0.3 is 0 Å². The molecule has 1 amide bonds. The molecule has 8 heteroatoms. The average Bonchev–Trinajstić information content (AvgIpc) is 2.77. The van der Waals surface area contributed by atoms with Crippen molar-refractivity contribution in [3.8, 4) is 0 Å². The molecule has 3 N–H and O–H groups in total. The Balaban J connectivity index is 1.88. The lowest BCUT2D eigenvalue weighted by Crippen LogP contribution is -2.19. The van der Waals surface area contributed by atoms with Crippen LogP contribution in [0.25, 0.3) is 0 Å². The number of benzene rings is 1. The predicted molar refractivity (Wildman–Crippen MR) is 77.9 cm³/mol. The highest BCUT2D eigenvalue weighted by Crippen LogP contribution is 2.13.